The first kappa shape index (κ1) is 20.0. The van der Waals surface area contributed by atoms with E-state index in [9.17, 15) is 9.59 Å². The number of nitrogens with zero attached hydrogens (tertiary/aromatic N) is 1. The number of guanidine groups is 1. The van der Waals surface area contributed by atoms with Crippen molar-refractivity contribution in [2.24, 2.45) is 22.4 Å². The number of ether oxygens (including phenoxy) is 1. The van der Waals surface area contributed by atoms with Gasteiger partial charge in [-0.2, -0.15) is 0 Å². The maximum atomic E-state index is 12.6. The van der Waals surface area contributed by atoms with Crippen molar-refractivity contribution in [2.45, 2.75) is 26.3 Å². The lowest BCUT2D eigenvalue weighted by Gasteiger charge is -2.19. The summed E-state index contributed by atoms with van der Waals surface area (Å²) in [4.78, 5) is 28.9. The van der Waals surface area contributed by atoms with Crippen molar-refractivity contribution >= 4 is 23.5 Å². The zero-order valence-corrected chi connectivity index (χ0v) is 15.4. The summed E-state index contributed by atoms with van der Waals surface area (Å²) in [6, 6.07) is 14.4. The fourth-order valence-corrected chi connectivity index (χ4v) is 2.44. The molecule has 0 fully saturated rings. The molecule has 0 radical (unpaired) electrons. The number of nitrogens with two attached hydrogens (primary N) is 2. The van der Waals surface area contributed by atoms with Crippen LogP contribution in [-0.2, 0) is 4.79 Å². The third-order valence-corrected chi connectivity index (χ3v) is 3.65. The molecule has 0 aliphatic rings. The molecule has 0 saturated heterocycles. The quantitative estimate of drug-likeness (QED) is 0.300. The molecule has 2 rings (SSSR count). The van der Waals surface area contributed by atoms with Gasteiger partial charge < -0.3 is 21.5 Å². The molecular weight excluding hydrogens is 344 g/mol. The minimum Gasteiger partial charge on any atom is -0.425 e. The summed E-state index contributed by atoms with van der Waals surface area (Å²) in [5.74, 6) is -0.357. The van der Waals surface area contributed by atoms with Crippen LogP contribution >= 0.6 is 0 Å². The van der Waals surface area contributed by atoms with Crippen molar-refractivity contribution in [3.63, 3.8) is 0 Å². The largest absolute Gasteiger partial charge is 0.425 e. The second-order valence-electron chi connectivity index (χ2n) is 6.47. The molecule has 0 spiro atoms. The normalized spacial score (nSPS) is 11.5. The van der Waals surface area contributed by atoms with Gasteiger partial charge in [-0.3, -0.25) is 4.79 Å². The van der Waals surface area contributed by atoms with Gasteiger partial charge in [0.2, 0.25) is 0 Å². The van der Waals surface area contributed by atoms with Crippen molar-refractivity contribution in [3.8, 4) is 5.75 Å². The highest BCUT2D eigenvalue weighted by atomic mass is 16.5. The van der Waals surface area contributed by atoms with Crippen LogP contribution < -0.4 is 21.5 Å². The van der Waals surface area contributed by atoms with Gasteiger partial charge in [0, 0.05) is 5.56 Å². The lowest BCUT2D eigenvalue weighted by atomic mass is 10.0. The molecule has 1 amide bonds. The lowest BCUT2D eigenvalue weighted by Crippen LogP contribution is -2.43. The molecule has 1 atom stereocenters. The summed E-state index contributed by atoms with van der Waals surface area (Å²) in [5, 5.41) is 2.75. The highest BCUT2D eigenvalue weighted by Gasteiger charge is 2.24. The first-order chi connectivity index (χ1) is 12.8. The first-order valence-electron chi connectivity index (χ1n) is 8.62. The van der Waals surface area contributed by atoms with Crippen molar-refractivity contribution < 1.29 is 14.3 Å². The molecule has 0 unspecified atom stereocenters. The maximum absolute atomic E-state index is 12.6. The van der Waals surface area contributed by atoms with E-state index in [1.54, 1.807) is 48.5 Å². The van der Waals surface area contributed by atoms with E-state index in [1.807, 2.05) is 19.9 Å². The van der Waals surface area contributed by atoms with Crippen LogP contribution in [0.2, 0.25) is 0 Å². The molecule has 0 heterocycles. The Bertz CT molecular complexity index is 798. The van der Waals surface area contributed by atoms with Crippen LogP contribution in [0.15, 0.2) is 59.6 Å². The van der Waals surface area contributed by atoms with Gasteiger partial charge in [-0.05, 0) is 48.7 Å². The Hall–Kier alpha value is -3.35. The van der Waals surface area contributed by atoms with Gasteiger partial charge in [0.05, 0.1) is 5.69 Å². The van der Waals surface area contributed by atoms with Crippen LogP contribution in [0.1, 0.15) is 30.6 Å². The van der Waals surface area contributed by atoms with Crippen LogP contribution in [0, 0.1) is 5.92 Å². The maximum Gasteiger partial charge on any atom is 0.334 e. The van der Waals surface area contributed by atoms with E-state index in [1.165, 1.54) is 0 Å². The number of carbonyl (C=O) groups excluding carboxylic acids is 2. The Balaban J connectivity index is 2.08. The Morgan fingerprint density at radius 2 is 1.67 bits per heavy atom. The van der Waals surface area contributed by atoms with Gasteiger partial charge in [-0.15, -0.1) is 0 Å². The van der Waals surface area contributed by atoms with Crippen molar-refractivity contribution in [1.82, 2.24) is 5.32 Å². The zero-order valence-electron chi connectivity index (χ0n) is 15.4. The molecule has 7 heteroatoms. The van der Waals surface area contributed by atoms with Gasteiger partial charge in [0.15, 0.2) is 5.96 Å². The molecule has 0 aliphatic carbocycles. The third-order valence-electron chi connectivity index (χ3n) is 3.65. The number of amides is 1. The average Bonchev–Trinajstić information content (AvgIpc) is 2.62. The second-order valence-corrected chi connectivity index (χ2v) is 6.47. The molecule has 2 aromatic carbocycles. The number of rotatable bonds is 7. The number of carbonyl (C=O) groups is 2. The molecule has 142 valence electrons. The van der Waals surface area contributed by atoms with E-state index >= 15 is 0 Å². The Kier molecular flexibility index (Phi) is 6.93. The number of nitrogens with one attached hydrogen (secondary N) is 1. The molecule has 7 nitrogen and oxygen atoms in total. The number of aliphatic imine (C=N–C) groups is 1. The molecular formula is C20H24N4O3. The molecule has 27 heavy (non-hydrogen) atoms. The average molecular weight is 368 g/mol. The molecule has 0 saturated carbocycles. The van der Waals surface area contributed by atoms with Crippen molar-refractivity contribution in [2.75, 3.05) is 0 Å². The smallest absolute Gasteiger partial charge is 0.334 e. The van der Waals surface area contributed by atoms with Crippen LogP contribution in [-0.4, -0.2) is 23.9 Å². The summed E-state index contributed by atoms with van der Waals surface area (Å²) in [6.45, 7) is 3.94. The SMILES string of the molecule is CC(C)C[C@@H](NC(=O)c1ccccc1)C(=O)Oc1ccc(N=C(N)N)cc1. The minimum atomic E-state index is -0.755. The van der Waals surface area contributed by atoms with E-state index in [-0.39, 0.29) is 17.8 Å². The van der Waals surface area contributed by atoms with Gasteiger partial charge in [0.25, 0.3) is 5.91 Å². The molecule has 0 aliphatic heterocycles. The van der Waals surface area contributed by atoms with Crippen LogP contribution in [0.5, 0.6) is 5.75 Å². The molecule has 5 N–H and O–H groups in total. The van der Waals surface area contributed by atoms with Crippen molar-refractivity contribution in [1.29, 1.82) is 0 Å². The van der Waals surface area contributed by atoms with Crippen LogP contribution in [0.4, 0.5) is 5.69 Å². The Morgan fingerprint density at radius 1 is 1.04 bits per heavy atom. The fourth-order valence-electron chi connectivity index (χ4n) is 2.44. The summed E-state index contributed by atoms with van der Waals surface area (Å²) < 4.78 is 5.41. The number of hydrogen-bond donors (Lipinski definition) is 3. The first-order valence-corrected chi connectivity index (χ1v) is 8.62. The summed E-state index contributed by atoms with van der Waals surface area (Å²) in [6.07, 6.45) is 0.462. The van der Waals surface area contributed by atoms with Gasteiger partial charge in [-0.25, -0.2) is 9.79 Å². The van der Waals surface area contributed by atoms with E-state index in [0.717, 1.165) is 0 Å². The van der Waals surface area contributed by atoms with E-state index < -0.39 is 12.0 Å². The monoisotopic (exact) mass is 368 g/mol. The number of esters is 1. The molecule has 0 bridgehead atoms. The predicted octanol–water partition coefficient (Wildman–Crippen LogP) is 2.34. The predicted molar refractivity (Wildman–Crippen MR) is 105 cm³/mol. The number of benzene rings is 2. The van der Waals surface area contributed by atoms with Crippen LogP contribution in [0.25, 0.3) is 0 Å². The van der Waals surface area contributed by atoms with Gasteiger partial charge >= 0.3 is 5.97 Å². The fraction of sp³-hybridized carbons (Fsp3) is 0.250. The van der Waals surface area contributed by atoms with Crippen LogP contribution in [0.3, 0.4) is 0 Å². The van der Waals surface area contributed by atoms with E-state index in [2.05, 4.69) is 10.3 Å². The van der Waals surface area contributed by atoms with Gasteiger partial charge in [0.1, 0.15) is 11.8 Å². The topological polar surface area (TPSA) is 120 Å². The summed E-state index contributed by atoms with van der Waals surface area (Å²) >= 11 is 0. The standard InChI is InChI=1S/C20H24N4O3/c1-13(2)12-17(24-18(25)14-6-4-3-5-7-14)19(26)27-16-10-8-15(9-11-16)23-20(21)22/h3-11,13,17H,12H2,1-2H3,(H,24,25)(H4,21,22,23)/t17-/m1/s1. The summed E-state index contributed by atoms with van der Waals surface area (Å²) in [7, 11) is 0. The highest BCUT2D eigenvalue weighted by molar-refractivity contribution is 5.97. The third kappa shape index (κ3) is 6.47. The molecule has 0 aromatic heterocycles. The van der Waals surface area contributed by atoms with E-state index in [0.29, 0.717) is 23.4 Å². The van der Waals surface area contributed by atoms with Gasteiger partial charge in [-0.1, -0.05) is 32.0 Å². The number of hydrogen-bond acceptors (Lipinski definition) is 4. The molecule has 2 aromatic rings. The highest BCUT2D eigenvalue weighted by Crippen LogP contribution is 2.19. The Labute approximate surface area is 158 Å². The minimum absolute atomic E-state index is 0.0552. The lowest BCUT2D eigenvalue weighted by molar-refractivity contribution is -0.137. The second kappa shape index (κ2) is 9.38. The zero-order chi connectivity index (χ0) is 19.8. The Morgan fingerprint density at radius 3 is 2.22 bits per heavy atom. The van der Waals surface area contributed by atoms with Crippen molar-refractivity contribution in [3.05, 3.63) is 60.2 Å². The summed E-state index contributed by atoms with van der Waals surface area (Å²) in [5.41, 5.74) is 11.7. The van der Waals surface area contributed by atoms with E-state index in [4.69, 9.17) is 16.2 Å².